The van der Waals surface area contributed by atoms with E-state index in [0.717, 1.165) is 6.42 Å². The maximum Gasteiger partial charge on any atom is 1.00 e. The van der Waals surface area contributed by atoms with Crippen molar-refractivity contribution >= 4 is 18.2 Å². The molecule has 1 unspecified atom stereocenters. The van der Waals surface area contributed by atoms with Crippen LogP contribution < -0.4 is 35.3 Å². The van der Waals surface area contributed by atoms with Crippen molar-refractivity contribution in [2.24, 2.45) is 5.73 Å². The number of aliphatic carboxylic acids is 2. The fourth-order valence-corrected chi connectivity index (χ4v) is 2.26. The minimum Gasteiger partial charge on any atom is -0.542 e. The third-order valence-electron chi connectivity index (χ3n) is 3.87. The quantitative estimate of drug-likeness (QED) is 0.209. The van der Waals surface area contributed by atoms with Crippen molar-refractivity contribution in [2.75, 3.05) is 0 Å². The summed E-state index contributed by atoms with van der Waals surface area (Å²) in [6.45, 7) is 2.26. The van der Waals surface area contributed by atoms with Gasteiger partial charge >= 0.3 is 41.5 Å². The van der Waals surface area contributed by atoms with E-state index in [1.165, 1.54) is 64.2 Å². The molecule has 0 amide bonds. The molecular formula is C19H36NNaO5. The van der Waals surface area contributed by atoms with Gasteiger partial charge in [0.1, 0.15) is 6.04 Å². The molecule has 4 N–H and O–H groups in total. The van der Waals surface area contributed by atoms with Gasteiger partial charge in [-0.1, -0.05) is 77.6 Å². The van der Waals surface area contributed by atoms with Crippen LogP contribution in [0.1, 0.15) is 96.8 Å². The summed E-state index contributed by atoms with van der Waals surface area (Å²) in [7, 11) is 0. The normalized spacial score (nSPS) is 10.8. The number of nitrogens with two attached hydrogens (primary N) is 1. The predicted molar refractivity (Wildman–Crippen MR) is 99.3 cm³/mol. The van der Waals surface area contributed by atoms with Crippen LogP contribution in [0.25, 0.3) is 0 Å². The van der Waals surface area contributed by atoms with Crippen LogP contribution in [-0.2, 0) is 14.4 Å². The molecular weight excluding hydrogens is 345 g/mol. The van der Waals surface area contributed by atoms with Gasteiger partial charge in [-0.3, -0.25) is 15.9 Å². The van der Waals surface area contributed by atoms with E-state index in [1.54, 1.807) is 0 Å². The summed E-state index contributed by atoms with van der Waals surface area (Å²) >= 11 is 0. The number of carbonyl (C=O) groups is 2. The van der Waals surface area contributed by atoms with Crippen LogP contribution in [0.2, 0.25) is 0 Å². The molecule has 1 atom stereocenters. The summed E-state index contributed by atoms with van der Waals surface area (Å²) in [6.07, 6.45) is 17.1. The van der Waals surface area contributed by atoms with Crippen LogP contribution in [-0.4, -0.2) is 34.5 Å². The molecule has 0 bridgehead atoms. The largest absolute Gasteiger partial charge is 1.00 e. The molecule has 6 nitrogen and oxygen atoms in total. The van der Waals surface area contributed by atoms with Gasteiger partial charge in [0, 0.05) is 6.42 Å². The number of hydrogen-bond donors (Lipinski definition) is 3. The predicted octanol–water partition coefficient (Wildman–Crippen LogP) is 1.06. The molecule has 0 aromatic carbocycles. The van der Waals surface area contributed by atoms with Crippen LogP contribution in [0, 0.1) is 0 Å². The summed E-state index contributed by atoms with van der Waals surface area (Å²) in [4.78, 5) is 29.8. The summed E-state index contributed by atoms with van der Waals surface area (Å²) in [5.74, 6) is -2.20. The van der Waals surface area contributed by atoms with E-state index in [-0.39, 0.29) is 42.4 Å². The Bertz CT molecular complexity index is 340. The number of carboxylic acids is 2. The van der Waals surface area contributed by atoms with Crippen molar-refractivity contribution < 1.29 is 54.2 Å². The molecule has 0 spiro atoms. The van der Waals surface area contributed by atoms with E-state index in [4.69, 9.17) is 15.9 Å². The molecule has 0 fully saturated rings. The van der Waals surface area contributed by atoms with Crippen molar-refractivity contribution in [2.45, 2.75) is 103 Å². The number of rotatable bonds is 16. The van der Waals surface area contributed by atoms with E-state index in [1.807, 2.05) is 6.29 Å². The Hall–Kier alpha value is -0.430. The molecule has 0 saturated heterocycles. The van der Waals surface area contributed by atoms with Gasteiger partial charge < -0.3 is 20.7 Å². The van der Waals surface area contributed by atoms with Gasteiger partial charge in [-0.2, -0.15) is 6.42 Å². The molecule has 0 aromatic heterocycles. The molecule has 0 aliphatic carbocycles. The van der Waals surface area contributed by atoms with E-state index in [2.05, 4.69) is 6.92 Å². The van der Waals surface area contributed by atoms with Crippen LogP contribution >= 0.6 is 0 Å². The average Bonchev–Trinajstić information content (AvgIpc) is 2.58. The molecule has 0 aliphatic heterocycles. The van der Waals surface area contributed by atoms with Crippen molar-refractivity contribution in [3.63, 3.8) is 0 Å². The van der Waals surface area contributed by atoms with Crippen molar-refractivity contribution in [1.82, 2.24) is 0 Å². The molecule has 0 saturated carbocycles. The second kappa shape index (κ2) is 24.6. The first-order valence-corrected chi connectivity index (χ1v) is 9.50. The van der Waals surface area contributed by atoms with E-state index in [0.29, 0.717) is 6.42 Å². The Kier molecular flexibility index (Phi) is 28.6. The van der Waals surface area contributed by atoms with Crippen molar-refractivity contribution in [1.29, 1.82) is 0 Å². The number of hydrogen-bond acceptors (Lipinski definition) is 4. The molecule has 0 aliphatic rings. The third-order valence-corrected chi connectivity index (χ3v) is 3.87. The Morgan fingerprint density at radius 1 is 0.885 bits per heavy atom. The topological polar surface area (TPSA) is 118 Å². The fourth-order valence-electron chi connectivity index (χ4n) is 2.26. The van der Waals surface area contributed by atoms with E-state index < -0.39 is 18.0 Å². The second-order valence-corrected chi connectivity index (χ2v) is 6.31. The molecule has 26 heavy (non-hydrogen) atoms. The zero-order chi connectivity index (χ0) is 19.3. The maximum absolute atomic E-state index is 9.99. The van der Waals surface area contributed by atoms with Gasteiger partial charge in [-0.05, 0) is 6.42 Å². The molecule has 7 heteroatoms. The number of unbranched alkanes of at least 4 members (excludes halogenated alkanes) is 11. The summed E-state index contributed by atoms with van der Waals surface area (Å²) in [5.41, 5.74) is 5.00. The van der Waals surface area contributed by atoms with Crippen LogP contribution in [0.5, 0.6) is 0 Å². The van der Waals surface area contributed by atoms with Gasteiger partial charge in [0.2, 0.25) is 0 Å². The van der Waals surface area contributed by atoms with Gasteiger partial charge in [-0.15, -0.1) is 0 Å². The molecule has 0 radical (unpaired) electrons. The Morgan fingerprint density at radius 3 is 1.65 bits per heavy atom. The van der Waals surface area contributed by atoms with Crippen molar-refractivity contribution in [3.05, 3.63) is 0 Å². The first kappa shape index (κ1) is 30.3. The Morgan fingerprint density at radius 2 is 1.31 bits per heavy atom. The zero-order valence-corrected chi connectivity index (χ0v) is 18.7. The zero-order valence-electron chi connectivity index (χ0n) is 16.7. The van der Waals surface area contributed by atoms with Gasteiger partial charge in [0.15, 0.2) is 0 Å². The summed E-state index contributed by atoms with van der Waals surface area (Å²) in [5, 5.41) is 16.3. The maximum atomic E-state index is 9.99. The second-order valence-electron chi connectivity index (χ2n) is 6.31. The van der Waals surface area contributed by atoms with Gasteiger partial charge in [0.05, 0.1) is 0 Å². The van der Waals surface area contributed by atoms with E-state index in [9.17, 15) is 14.4 Å². The molecule has 0 rings (SSSR count). The van der Waals surface area contributed by atoms with Crippen LogP contribution in [0.15, 0.2) is 0 Å². The standard InChI is InChI=1S/C14H27O.C5H9NO4.Na/c1-2-3-4-5-6-7-8-9-10-11-12-13-14-15;6-3(5(9)10)1-2-4(7)8;/h2-13H2,1H3;3H,1-2,6H2,(H,7,8)(H,9,10);/q-1;;+1. The SMILES string of the molecule is CCCCCCCCCCCCC[C-]=O.NC(CCC(=O)O)C(=O)O.[Na+]. The Labute approximate surface area is 180 Å². The number of carbonyl (C=O) groups excluding carboxylic acids is 1. The minimum atomic E-state index is -1.17. The van der Waals surface area contributed by atoms with Crippen LogP contribution in [0.4, 0.5) is 0 Å². The third kappa shape index (κ3) is 28.4. The smallest absolute Gasteiger partial charge is 0.542 e. The number of carboxylic acid groups (broad SMARTS) is 2. The average molecular weight is 381 g/mol. The van der Waals surface area contributed by atoms with E-state index >= 15 is 0 Å². The van der Waals surface area contributed by atoms with Gasteiger partial charge in [-0.25, -0.2) is 0 Å². The van der Waals surface area contributed by atoms with Gasteiger partial charge in [0.25, 0.3) is 0 Å². The molecule has 0 aromatic rings. The van der Waals surface area contributed by atoms with Crippen molar-refractivity contribution in [3.8, 4) is 0 Å². The monoisotopic (exact) mass is 381 g/mol. The molecule has 148 valence electrons. The summed E-state index contributed by atoms with van der Waals surface area (Å²) < 4.78 is 0. The summed E-state index contributed by atoms with van der Waals surface area (Å²) in [6, 6.07) is -1.06. The Balaban J connectivity index is -0.000000422. The first-order valence-electron chi connectivity index (χ1n) is 9.50. The van der Waals surface area contributed by atoms with Crippen LogP contribution in [0.3, 0.4) is 0 Å². The molecule has 0 heterocycles. The minimum absolute atomic E-state index is 0. The fraction of sp³-hybridized carbons (Fsp3) is 0.842. The first-order chi connectivity index (χ1) is 12.0.